The lowest BCUT2D eigenvalue weighted by atomic mass is 9.73. The Morgan fingerprint density at radius 1 is 1.19 bits per heavy atom. The third kappa shape index (κ3) is 3.31. The van der Waals surface area contributed by atoms with E-state index in [-0.39, 0.29) is 11.3 Å². The fraction of sp³-hybridized carbons (Fsp3) is 0.333. The number of para-hydroxylation sites is 1. The van der Waals surface area contributed by atoms with Crippen molar-refractivity contribution in [1.29, 1.82) is 0 Å². The molecule has 2 aliphatic heterocycles. The highest BCUT2D eigenvalue weighted by atomic mass is 79.9. The summed E-state index contributed by atoms with van der Waals surface area (Å²) in [6.07, 6.45) is 3.65. The maximum Gasteiger partial charge on any atom is 0.253 e. The van der Waals surface area contributed by atoms with Gasteiger partial charge in [0, 0.05) is 42.2 Å². The van der Waals surface area contributed by atoms with Gasteiger partial charge in [0.05, 0.1) is 30.1 Å². The molecule has 1 amide bonds. The number of aromatic nitrogens is 2. The SMILES string of the molecule is COc1cc(C(=O)N2CCC3(CC2)COc2ccccc2-c2c3cnn2C)ccc1Br. The molecule has 2 aromatic carbocycles. The molecular weight excluding hydrogens is 458 g/mol. The number of rotatable bonds is 2. The Morgan fingerprint density at radius 3 is 2.74 bits per heavy atom. The summed E-state index contributed by atoms with van der Waals surface area (Å²) in [4.78, 5) is 15.1. The highest BCUT2D eigenvalue weighted by Crippen LogP contribution is 2.46. The number of likely N-dealkylation sites (tertiary alicyclic amines) is 1. The van der Waals surface area contributed by atoms with Crippen molar-refractivity contribution in [2.24, 2.45) is 7.05 Å². The summed E-state index contributed by atoms with van der Waals surface area (Å²) < 4.78 is 14.4. The molecule has 3 aromatic rings. The van der Waals surface area contributed by atoms with Gasteiger partial charge in [0.1, 0.15) is 11.5 Å². The molecule has 0 radical (unpaired) electrons. The molecule has 1 fully saturated rings. The summed E-state index contributed by atoms with van der Waals surface area (Å²) in [6, 6.07) is 13.6. The van der Waals surface area contributed by atoms with E-state index in [0.29, 0.717) is 31.0 Å². The van der Waals surface area contributed by atoms with Crippen LogP contribution in [0.4, 0.5) is 0 Å². The Kier molecular flexibility index (Phi) is 5.01. The number of carbonyl (C=O) groups is 1. The van der Waals surface area contributed by atoms with Gasteiger partial charge in [-0.3, -0.25) is 9.48 Å². The number of piperidine rings is 1. The van der Waals surface area contributed by atoms with E-state index >= 15 is 0 Å². The molecular formula is C24H24BrN3O3. The molecule has 1 aromatic heterocycles. The van der Waals surface area contributed by atoms with E-state index in [1.54, 1.807) is 13.2 Å². The van der Waals surface area contributed by atoms with E-state index < -0.39 is 0 Å². The van der Waals surface area contributed by atoms with E-state index in [1.807, 2.05) is 53.2 Å². The standard InChI is InChI=1S/C24H24BrN3O3/c1-27-22-17-5-3-4-6-20(17)31-15-24(18(22)14-26-27)9-11-28(12-10-24)23(29)16-7-8-19(25)21(13-16)30-2/h3-8,13-14H,9-12,15H2,1-2H3. The van der Waals surface area contributed by atoms with Gasteiger partial charge < -0.3 is 14.4 Å². The van der Waals surface area contributed by atoms with Gasteiger partial charge in [-0.2, -0.15) is 5.10 Å². The van der Waals surface area contributed by atoms with Crippen molar-refractivity contribution >= 4 is 21.8 Å². The normalized spacial score (nSPS) is 16.8. The van der Waals surface area contributed by atoms with Gasteiger partial charge in [-0.1, -0.05) is 12.1 Å². The number of nitrogens with zero attached hydrogens (tertiary/aromatic N) is 3. The van der Waals surface area contributed by atoms with Crippen molar-refractivity contribution in [2.45, 2.75) is 18.3 Å². The maximum atomic E-state index is 13.2. The first-order valence-electron chi connectivity index (χ1n) is 10.4. The minimum absolute atomic E-state index is 0.0323. The van der Waals surface area contributed by atoms with E-state index in [0.717, 1.165) is 34.3 Å². The molecule has 6 nitrogen and oxygen atoms in total. The van der Waals surface area contributed by atoms with Crippen molar-refractivity contribution in [3.8, 4) is 22.8 Å². The van der Waals surface area contributed by atoms with E-state index in [1.165, 1.54) is 5.56 Å². The van der Waals surface area contributed by atoms with E-state index in [2.05, 4.69) is 27.1 Å². The van der Waals surface area contributed by atoms with Crippen LogP contribution in [0.15, 0.2) is 53.1 Å². The fourth-order valence-corrected chi connectivity index (χ4v) is 5.16. The van der Waals surface area contributed by atoms with Crippen molar-refractivity contribution in [3.63, 3.8) is 0 Å². The van der Waals surface area contributed by atoms with Crippen LogP contribution in [0, 0.1) is 0 Å². The molecule has 0 atom stereocenters. The topological polar surface area (TPSA) is 56.6 Å². The summed E-state index contributed by atoms with van der Waals surface area (Å²) in [5, 5.41) is 4.58. The summed E-state index contributed by atoms with van der Waals surface area (Å²) in [7, 11) is 3.59. The lowest BCUT2D eigenvalue weighted by Crippen LogP contribution is -2.47. The highest BCUT2D eigenvalue weighted by Gasteiger charge is 2.43. The Hall–Kier alpha value is -2.80. The van der Waals surface area contributed by atoms with Gasteiger partial charge in [-0.25, -0.2) is 0 Å². The number of benzene rings is 2. The van der Waals surface area contributed by atoms with Gasteiger partial charge in [0.2, 0.25) is 0 Å². The van der Waals surface area contributed by atoms with Crippen LogP contribution < -0.4 is 9.47 Å². The summed E-state index contributed by atoms with van der Waals surface area (Å²) in [5.41, 5.74) is 3.90. The van der Waals surface area contributed by atoms with Crippen LogP contribution in [0.1, 0.15) is 28.8 Å². The van der Waals surface area contributed by atoms with E-state index in [4.69, 9.17) is 9.47 Å². The molecule has 3 heterocycles. The molecule has 0 N–H and O–H groups in total. The molecule has 0 bridgehead atoms. The quantitative estimate of drug-likeness (QED) is 0.543. The fourth-order valence-electron chi connectivity index (χ4n) is 4.75. The Bertz CT molecular complexity index is 1150. The predicted molar refractivity (Wildman–Crippen MR) is 122 cm³/mol. The second-order valence-corrected chi connectivity index (χ2v) is 9.09. The van der Waals surface area contributed by atoms with E-state index in [9.17, 15) is 4.79 Å². The summed E-state index contributed by atoms with van der Waals surface area (Å²) >= 11 is 3.45. The van der Waals surface area contributed by atoms with Gasteiger partial charge in [-0.05, 0) is 59.1 Å². The molecule has 5 rings (SSSR count). The monoisotopic (exact) mass is 481 g/mol. The zero-order valence-electron chi connectivity index (χ0n) is 17.6. The summed E-state index contributed by atoms with van der Waals surface area (Å²) in [5.74, 6) is 1.59. The number of amides is 1. The number of carbonyl (C=O) groups excluding carboxylic acids is 1. The van der Waals surface area contributed by atoms with Crippen molar-refractivity contribution < 1.29 is 14.3 Å². The van der Waals surface area contributed by atoms with Gasteiger partial charge in [0.15, 0.2) is 0 Å². The van der Waals surface area contributed by atoms with Crippen LogP contribution in [0.3, 0.4) is 0 Å². The molecule has 31 heavy (non-hydrogen) atoms. The number of halogens is 1. The average molecular weight is 482 g/mol. The molecule has 0 aliphatic carbocycles. The first-order valence-corrected chi connectivity index (χ1v) is 11.2. The molecule has 1 spiro atoms. The average Bonchev–Trinajstić information content (AvgIpc) is 3.14. The van der Waals surface area contributed by atoms with Crippen LogP contribution in [0.2, 0.25) is 0 Å². The zero-order valence-corrected chi connectivity index (χ0v) is 19.2. The first kappa shape index (κ1) is 20.1. The first-order chi connectivity index (χ1) is 15.0. The van der Waals surface area contributed by atoms with Crippen LogP contribution in [-0.4, -0.2) is 47.4 Å². The lowest BCUT2D eigenvalue weighted by molar-refractivity contribution is 0.0616. The molecule has 0 saturated carbocycles. The molecule has 160 valence electrons. The van der Waals surface area contributed by atoms with Crippen LogP contribution in [-0.2, 0) is 12.5 Å². The largest absolute Gasteiger partial charge is 0.496 e. The molecule has 1 saturated heterocycles. The second-order valence-electron chi connectivity index (χ2n) is 8.24. The van der Waals surface area contributed by atoms with Gasteiger partial charge >= 0.3 is 0 Å². The number of aryl methyl sites for hydroxylation is 1. The van der Waals surface area contributed by atoms with Crippen LogP contribution in [0.5, 0.6) is 11.5 Å². The molecule has 7 heteroatoms. The van der Waals surface area contributed by atoms with Gasteiger partial charge in [0.25, 0.3) is 5.91 Å². The lowest BCUT2D eigenvalue weighted by Gasteiger charge is -2.41. The zero-order chi connectivity index (χ0) is 21.6. The molecule has 2 aliphatic rings. The molecule has 0 unspecified atom stereocenters. The van der Waals surface area contributed by atoms with Crippen LogP contribution in [0.25, 0.3) is 11.3 Å². The smallest absolute Gasteiger partial charge is 0.253 e. The second kappa shape index (κ2) is 7.71. The minimum Gasteiger partial charge on any atom is -0.496 e. The number of ether oxygens (including phenoxy) is 2. The Balaban J connectivity index is 1.42. The number of hydrogen-bond acceptors (Lipinski definition) is 4. The Labute approximate surface area is 189 Å². The number of methoxy groups -OCH3 is 1. The Morgan fingerprint density at radius 2 is 1.97 bits per heavy atom. The maximum absolute atomic E-state index is 13.2. The highest BCUT2D eigenvalue weighted by molar-refractivity contribution is 9.10. The minimum atomic E-state index is -0.156. The van der Waals surface area contributed by atoms with Crippen molar-refractivity contribution in [2.75, 3.05) is 26.8 Å². The van der Waals surface area contributed by atoms with Crippen molar-refractivity contribution in [1.82, 2.24) is 14.7 Å². The number of hydrogen-bond donors (Lipinski definition) is 0. The third-order valence-electron chi connectivity index (χ3n) is 6.56. The predicted octanol–water partition coefficient (Wildman–Crippen LogP) is 4.42. The van der Waals surface area contributed by atoms with Crippen LogP contribution >= 0.6 is 15.9 Å². The summed E-state index contributed by atoms with van der Waals surface area (Å²) in [6.45, 7) is 1.94. The van der Waals surface area contributed by atoms with Crippen molar-refractivity contribution in [3.05, 3.63) is 64.3 Å². The third-order valence-corrected chi connectivity index (χ3v) is 7.22. The van der Waals surface area contributed by atoms with Gasteiger partial charge in [-0.15, -0.1) is 0 Å². The number of fused-ring (bicyclic) bond motifs is 4.